The quantitative estimate of drug-likeness (QED) is 0.822. The zero-order chi connectivity index (χ0) is 13.8. The molecule has 0 bridgehead atoms. The Morgan fingerprint density at radius 1 is 0.950 bits per heavy atom. The van der Waals surface area contributed by atoms with Gasteiger partial charge in [-0.3, -0.25) is 0 Å². The van der Waals surface area contributed by atoms with Crippen LogP contribution in [0.15, 0.2) is 0 Å². The zero-order valence-electron chi connectivity index (χ0n) is 13.3. The van der Waals surface area contributed by atoms with Gasteiger partial charge in [-0.15, -0.1) is 0 Å². The van der Waals surface area contributed by atoms with Crippen molar-refractivity contribution < 1.29 is 4.74 Å². The van der Waals surface area contributed by atoms with Crippen LogP contribution in [0.5, 0.6) is 0 Å². The van der Waals surface area contributed by atoms with Gasteiger partial charge in [0.05, 0.1) is 11.7 Å². The number of hydrogen-bond acceptors (Lipinski definition) is 2. The molecule has 1 atom stereocenters. The van der Waals surface area contributed by atoms with Crippen LogP contribution in [0.25, 0.3) is 0 Å². The van der Waals surface area contributed by atoms with E-state index in [4.69, 9.17) is 4.74 Å². The molecule has 0 aromatic carbocycles. The first-order valence-electron chi connectivity index (χ1n) is 9.21. The Morgan fingerprint density at radius 2 is 1.70 bits per heavy atom. The molecule has 2 aliphatic carbocycles. The highest BCUT2D eigenvalue weighted by Crippen LogP contribution is 2.41. The fraction of sp³-hybridized carbons (Fsp3) is 1.00. The van der Waals surface area contributed by atoms with E-state index in [1.165, 1.54) is 77.0 Å². The maximum Gasteiger partial charge on any atom is 0.0708 e. The lowest BCUT2D eigenvalue weighted by Gasteiger charge is -2.34. The smallest absolute Gasteiger partial charge is 0.0708 e. The van der Waals surface area contributed by atoms with Crippen molar-refractivity contribution in [1.82, 2.24) is 5.32 Å². The lowest BCUT2D eigenvalue weighted by Crippen LogP contribution is -2.39. The second-order valence-corrected chi connectivity index (χ2v) is 7.56. The minimum absolute atomic E-state index is 0.296. The fourth-order valence-corrected chi connectivity index (χ4v) is 4.68. The molecule has 116 valence electrons. The van der Waals surface area contributed by atoms with Gasteiger partial charge < -0.3 is 10.1 Å². The summed E-state index contributed by atoms with van der Waals surface area (Å²) in [5, 5.41) is 3.81. The van der Waals surface area contributed by atoms with Crippen LogP contribution in [0.1, 0.15) is 84.0 Å². The molecule has 1 spiro atoms. The SMILES string of the molecule is CCC1CCC(NCC2CCC3(CCCCC3)O2)CC1. The molecule has 20 heavy (non-hydrogen) atoms. The maximum atomic E-state index is 6.46. The second-order valence-electron chi connectivity index (χ2n) is 7.56. The molecular weight excluding hydrogens is 246 g/mol. The molecule has 0 radical (unpaired) electrons. The van der Waals surface area contributed by atoms with Crippen LogP contribution in [0.3, 0.4) is 0 Å². The molecule has 1 heterocycles. The second kappa shape index (κ2) is 6.79. The van der Waals surface area contributed by atoms with Crippen molar-refractivity contribution in [2.24, 2.45) is 5.92 Å². The van der Waals surface area contributed by atoms with E-state index in [1.807, 2.05) is 0 Å². The first-order chi connectivity index (χ1) is 9.80. The van der Waals surface area contributed by atoms with E-state index in [9.17, 15) is 0 Å². The number of hydrogen-bond donors (Lipinski definition) is 1. The van der Waals surface area contributed by atoms with E-state index in [0.717, 1.165) is 18.5 Å². The van der Waals surface area contributed by atoms with Gasteiger partial charge in [-0.05, 0) is 57.3 Å². The molecule has 1 saturated heterocycles. The average Bonchev–Trinajstić information content (AvgIpc) is 2.89. The molecule has 2 saturated carbocycles. The monoisotopic (exact) mass is 279 g/mol. The van der Waals surface area contributed by atoms with E-state index in [-0.39, 0.29) is 0 Å². The summed E-state index contributed by atoms with van der Waals surface area (Å²) in [6, 6.07) is 0.768. The Labute approximate surface area is 125 Å². The topological polar surface area (TPSA) is 21.3 Å². The van der Waals surface area contributed by atoms with Gasteiger partial charge in [0.1, 0.15) is 0 Å². The Morgan fingerprint density at radius 3 is 2.40 bits per heavy atom. The third kappa shape index (κ3) is 3.57. The molecule has 0 aromatic heterocycles. The van der Waals surface area contributed by atoms with Crippen LogP contribution in [-0.2, 0) is 4.74 Å². The van der Waals surface area contributed by atoms with Crippen molar-refractivity contribution in [2.75, 3.05) is 6.54 Å². The third-order valence-electron chi connectivity index (χ3n) is 6.16. The lowest BCUT2D eigenvalue weighted by atomic mass is 9.83. The summed E-state index contributed by atoms with van der Waals surface area (Å²) in [5.41, 5.74) is 0.296. The number of ether oxygens (including phenoxy) is 1. The number of rotatable bonds is 4. The molecule has 3 fully saturated rings. The minimum atomic E-state index is 0.296. The van der Waals surface area contributed by atoms with Crippen LogP contribution < -0.4 is 5.32 Å². The Balaban J connectivity index is 1.37. The van der Waals surface area contributed by atoms with E-state index in [1.54, 1.807) is 0 Å². The van der Waals surface area contributed by atoms with Crippen LogP contribution >= 0.6 is 0 Å². The van der Waals surface area contributed by atoms with Crippen molar-refractivity contribution in [2.45, 2.75) is 102 Å². The summed E-state index contributed by atoms with van der Waals surface area (Å²) >= 11 is 0. The Kier molecular flexibility index (Phi) is 5.04. The highest BCUT2D eigenvalue weighted by molar-refractivity contribution is 4.92. The molecule has 2 nitrogen and oxygen atoms in total. The average molecular weight is 279 g/mol. The first-order valence-corrected chi connectivity index (χ1v) is 9.21. The zero-order valence-corrected chi connectivity index (χ0v) is 13.3. The van der Waals surface area contributed by atoms with Gasteiger partial charge in [-0.1, -0.05) is 32.6 Å². The van der Waals surface area contributed by atoms with Gasteiger partial charge in [0, 0.05) is 12.6 Å². The first kappa shape index (κ1) is 14.8. The molecule has 3 rings (SSSR count). The van der Waals surface area contributed by atoms with Crippen molar-refractivity contribution in [3.05, 3.63) is 0 Å². The largest absolute Gasteiger partial charge is 0.370 e. The molecular formula is C18H33NO. The van der Waals surface area contributed by atoms with Crippen LogP contribution in [0, 0.1) is 5.92 Å². The van der Waals surface area contributed by atoms with Gasteiger partial charge in [0.2, 0.25) is 0 Å². The normalized spacial score (nSPS) is 37.4. The van der Waals surface area contributed by atoms with Gasteiger partial charge in [0.15, 0.2) is 0 Å². The van der Waals surface area contributed by atoms with E-state index in [0.29, 0.717) is 11.7 Å². The van der Waals surface area contributed by atoms with Crippen LogP contribution in [0.2, 0.25) is 0 Å². The summed E-state index contributed by atoms with van der Waals surface area (Å²) in [6.07, 6.45) is 17.0. The Hall–Kier alpha value is -0.0800. The summed E-state index contributed by atoms with van der Waals surface area (Å²) in [5.74, 6) is 1.00. The predicted molar refractivity (Wildman–Crippen MR) is 84.0 cm³/mol. The van der Waals surface area contributed by atoms with Crippen molar-refractivity contribution in [1.29, 1.82) is 0 Å². The van der Waals surface area contributed by atoms with Gasteiger partial charge in [0.25, 0.3) is 0 Å². The van der Waals surface area contributed by atoms with E-state index in [2.05, 4.69) is 12.2 Å². The summed E-state index contributed by atoms with van der Waals surface area (Å²) in [4.78, 5) is 0. The molecule has 3 aliphatic rings. The fourth-order valence-electron chi connectivity index (χ4n) is 4.68. The van der Waals surface area contributed by atoms with Gasteiger partial charge in [-0.25, -0.2) is 0 Å². The van der Waals surface area contributed by atoms with E-state index >= 15 is 0 Å². The van der Waals surface area contributed by atoms with Gasteiger partial charge in [-0.2, -0.15) is 0 Å². The van der Waals surface area contributed by atoms with Crippen molar-refractivity contribution in [3.8, 4) is 0 Å². The number of nitrogens with one attached hydrogen (secondary N) is 1. The third-order valence-corrected chi connectivity index (χ3v) is 6.16. The van der Waals surface area contributed by atoms with Crippen LogP contribution in [-0.4, -0.2) is 24.3 Å². The van der Waals surface area contributed by atoms with Crippen molar-refractivity contribution >= 4 is 0 Å². The predicted octanol–water partition coefficient (Wildman–Crippen LogP) is 4.43. The van der Waals surface area contributed by atoms with Gasteiger partial charge >= 0.3 is 0 Å². The molecule has 0 aromatic rings. The summed E-state index contributed by atoms with van der Waals surface area (Å²) in [6.45, 7) is 3.44. The lowest BCUT2D eigenvalue weighted by molar-refractivity contribution is -0.0632. The highest BCUT2D eigenvalue weighted by atomic mass is 16.5. The molecule has 2 heteroatoms. The summed E-state index contributed by atoms with van der Waals surface area (Å²) < 4.78 is 6.46. The molecule has 1 N–H and O–H groups in total. The highest BCUT2D eigenvalue weighted by Gasteiger charge is 2.40. The van der Waals surface area contributed by atoms with E-state index < -0.39 is 0 Å². The summed E-state index contributed by atoms with van der Waals surface area (Å²) in [7, 11) is 0. The molecule has 0 amide bonds. The molecule has 1 aliphatic heterocycles. The minimum Gasteiger partial charge on any atom is -0.370 e. The Bertz CT molecular complexity index is 290. The standard InChI is InChI=1S/C18H33NO/c1-2-15-6-8-16(9-7-15)19-14-17-10-13-18(20-17)11-4-3-5-12-18/h15-17,19H,2-14H2,1H3. The van der Waals surface area contributed by atoms with Crippen molar-refractivity contribution in [3.63, 3.8) is 0 Å². The van der Waals surface area contributed by atoms with Crippen LogP contribution in [0.4, 0.5) is 0 Å². The molecule has 1 unspecified atom stereocenters. The maximum absolute atomic E-state index is 6.46.